The topological polar surface area (TPSA) is 72.0 Å². The molecule has 1 aromatic carbocycles. The summed E-state index contributed by atoms with van der Waals surface area (Å²) in [5, 5.41) is 10.9. The minimum Gasteiger partial charge on any atom is -0.365 e. The summed E-state index contributed by atoms with van der Waals surface area (Å²) in [6.45, 7) is 5.55. The Balaban J connectivity index is 2.10. The Hall–Kier alpha value is -1.95. The van der Waals surface area contributed by atoms with Gasteiger partial charge in [0, 0.05) is 6.54 Å². The second-order valence-electron chi connectivity index (χ2n) is 5.71. The Bertz CT molecular complexity index is 690. The highest BCUT2D eigenvalue weighted by atomic mass is 32.2. The number of hydrogen-bond acceptors (Lipinski definition) is 5. The molecule has 0 amide bonds. The lowest BCUT2D eigenvalue weighted by atomic mass is 10.2. The Labute approximate surface area is 125 Å². The molecule has 0 aliphatic carbocycles. The molecule has 5 nitrogen and oxygen atoms in total. The van der Waals surface area contributed by atoms with Gasteiger partial charge in [-0.25, -0.2) is 8.42 Å². The quantitative estimate of drug-likeness (QED) is 0.940. The smallest absolute Gasteiger partial charge is 0.202 e. The Kier molecular flexibility index (Phi) is 4.27. The average Bonchev–Trinajstić information content (AvgIpc) is 2.45. The lowest BCUT2D eigenvalue weighted by Gasteiger charge is -2.18. The number of nitrogens with one attached hydrogen (secondary N) is 1. The molecule has 0 spiro atoms. The van der Waals surface area contributed by atoms with Gasteiger partial charge in [0.25, 0.3) is 0 Å². The van der Waals surface area contributed by atoms with Gasteiger partial charge in [-0.1, -0.05) is 30.3 Å². The van der Waals surface area contributed by atoms with Gasteiger partial charge in [0.1, 0.15) is 5.82 Å². The summed E-state index contributed by atoms with van der Waals surface area (Å²) in [5.41, 5.74) is 1.12. The van der Waals surface area contributed by atoms with Crippen LogP contribution in [0.15, 0.2) is 47.5 Å². The van der Waals surface area contributed by atoms with E-state index in [1.165, 1.54) is 6.07 Å². The highest BCUT2D eigenvalue weighted by Crippen LogP contribution is 2.23. The van der Waals surface area contributed by atoms with Gasteiger partial charge in [0.05, 0.1) is 4.75 Å². The molecule has 21 heavy (non-hydrogen) atoms. The molecular weight excluding hydrogens is 286 g/mol. The van der Waals surface area contributed by atoms with Crippen molar-refractivity contribution in [1.29, 1.82) is 0 Å². The Morgan fingerprint density at radius 2 is 1.67 bits per heavy atom. The number of sulfone groups is 1. The maximum atomic E-state index is 12.2. The van der Waals surface area contributed by atoms with Crippen molar-refractivity contribution < 1.29 is 8.42 Å². The molecule has 1 aromatic heterocycles. The van der Waals surface area contributed by atoms with E-state index in [0.29, 0.717) is 12.4 Å². The normalized spacial score (nSPS) is 12.1. The molecule has 0 saturated carbocycles. The van der Waals surface area contributed by atoms with E-state index >= 15 is 0 Å². The summed E-state index contributed by atoms with van der Waals surface area (Å²) in [6, 6.07) is 13.0. The van der Waals surface area contributed by atoms with Crippen molar-refractivity contribution in [2.24, 2.45) is 0 Å². The van der Waals surface area contributed by atoms with E-state index in [-0.39, 0.29) is 5.03 Å². The summed E-state index contributed by atoms with van der Waals surface area (Å²) in [5.74, 6) is 0.548. The number of aromatic nitrogens is 2. The number of hydrogen-bond donors (Lipinski definition) is 1. The van der Waals surface area contributed by atoms with Gasteiger partial charge in [0.2, 0.25) is 9.84 Å². The molecule has 2 aromatic rings. The van der Waals surface area contributed by atoms with E-state index < -0.39 is 14.6 Å². The minimum atomic E-state index is -3.46. The lowest BCUT2D eigenvalue weighted by molar-refractivity contribution is 0.554. The SMILES string of the molecule is CC(C)(C)S(=O)(=O)c1ccc(NCc2ccccc2)nn1. The zero-order valence-corrected chi connectivity index (χ0v) is 13.2. The standard InChI is InChI=1S/C15H19N3O2S/c1-15(2,3)21(19,20)14-10-9-13(17-18-14)16-11-12-7-5-4-6-8-12/h4-10H,11H2,1-3H3,(H,16,17). The molecule has 0 bridgehead atoms. The van der Waals surface area contributed by atoms with Crippen LogP contribution in [-0.4, -0.2) is 23.4 Å². The van der Waals surface area contributed by atoms with Gasteiger partial charge in [-0.2, -0.15) is 0 Å². The molecule has 6 heteroatoms. The van der Waals surface area contributed by atoms with Crippen LogP contribution in [0.1, 0.15) is 26.3 Å². The molecule has 2 rings (SSSR count). The summed E-state index contributed by atoms with van der Waals surface area (Å²) < 4.78 is 23.6. The second kappa shape index (κ2) is 5.81. The Morgan fingerprint density at radius 3 is 2.19 bits per heavy atom. The van der Waals surface area contributed by atoms with Crippen molar-refractivity contribution in [2.45, 2.75) is 37.1 Å². The van der Waals surface area contributed by atoms with E-state index in [2.05, 4.69) is 15.5 Å². The fourth-order valence-corrected chi connectivity index (χ4v) is 2.68. The van der Waals surface area contributed by atoms with Crippen LogP contribution in [0.25, 0.3) is 0 Å². The number of benzene rings is 1. The third-order valence-electron chi connectivity index (χ3n) is 3.04. The van der Waals surface area contributed by atoms with E-state index in [9.17, 15) is 8.42 Å². The van der Waals surface area contributed by atoms with Crippen LogP contribution in [0.3, 0.4) is 0 Å². The third kappa shape index (κ3) is 3.58. The van der Waals surface area contributed by atoms with Gasteiger partial charge in [-0.15, -0.1) is 10.2 Å². The molecule has 1 heterocycles. The molecule has 112 valence electrons. The average molecular weight is 305 g/mol. The van der Waals surface area contributed by atoms with Gasteiger partial charge in [0.15, 0.2) is 5.03 Å². The van der Waals surface area contributed by atoms with Gasteiger partial charge < -0.3 is 5.32 Å². The zero-order chi connectivity index (χ0) is 15.5. The minimum absolute atomic E-state index is 0.000242. The van der Waals surface area contributed by atoms with Crippen molar-refractivity contribution in [3.8, 4) is 0 Å². The number of rotatable bonds is 4. The number of nitrogens with zero attached hydrogens (tertiary/aromatic N) is 2. The maximum absolute atomic E-state index is 12.2. The molecule has 0 aliphatic heterocycles. The second-order valence-corrected chi connectivity index (χ2v) is 8.36. The molecule has 1 N–H and O–H groups in total. The van der Waals surface area contributed by atoms with Gasteiger partial charge in [-0.3, -0.25) is 0 Å². The molecule has 0 aliphatic rings. The van der Waals surface area contributed by atoms with Gasteiger partial charge >= 0.3 is 0 Å². The van der Waals surface area contributed by atoms with Crippen LogP contribution < -0.4 is 5.32 Å². The van der Waals surface area contributed by atoms with Crippen molar-refractivity contribution in [3.63, 3.8) is 0 Å². The molecule has 0 saturated heterocycles. The Morgan fingerprint density at radius 1 is 1.00 bits per heavy atom. The molecule has 0 radical (unpaired) electrons. The predicted octanol–water partition coefficient (Wildman–Crippen LogP) is 2.66. The van der Waals surface area contributed by atoms with E-state index in [0.717, 1.165) is 5.56 Å². The molecular formula is C15H19N3O2S. The first kappa shape index (κ1) is 15.4. The predicted molar refractivity (Wildman–Crippen MR) is 82.7 cm³/mol. The fraction of sp³-hybridized carbons (Fsp3) is 0.333. The highest BCUT2D eigenvalue weighted by molar-refractivity contribution is 7.92. The van der Waals surface area contributed by atoms with Crippen molar-refractivity contribution in [2.75, 3.05) is 5.32 Å². The van der Waals surface area contributed by atoms with Crippen LogP contribution in [-0.2, 0) is 16.4 Å². The van der Waals surface area contributed by atoms with Crippen molar-refractivity contribution in [3.05, 3.63) is 48.0 Å². The van der Waals surface area contributed by atoms with Crippen LogP contribution in [0.4, 0.5) is 5.82 Å². The van der Waals surface area contributed by atoms with Crippen LogP contribution in [0, 0.1) is 0 Å². The summed E-state index contributed by atoms with van der Waals surface area (Å²) in [7, 11) is -3.46. The van der Waals surface area contributed by atoms with E-state index in [1.54, 1.807) is 26.8 Å². The van der Waals surface area contributed by atoms with Crippen molar-refractivity contribution in [1.82, 2.24) is 10.2 Å². The molecule has 0 fully saturated rings. The molecule has 0 unspecified atom stereocenters. The summed E-state index contributed by atoms with van der Waals surface area (Å²) in [4.78, 5) is 0. The largest absolute Gasteiger partial charge is 0.365 e. The first-order chi connectivity index (χ1) is 9.80. The molecule has 0 atom stereocenters. The van der Waals surface area contributed by atoms with Gasteiger partial charge in [-0.05, 0) is 38.5 Å². The first-order valence-electron chi connectivity index (χ1n) is 6.67. The van der Waals surface area contributed by atoms with Crippen LogP contribution >= 0.6 is 0 Å². The summed E-state index contributed by atoms with van der Waals surface area (Å²) >= 11 is 0. The maximum Gasteiger partial charge on any atom is 0.202 e. The van der Waals surface area contributed by atoms with E-state index in [4.69, 9.17) is 0 Å². The first-order valence-corrected chi connectivity index (χ1v) is 8.15. The summed E-state index contributed by atoms with van der Waals surface area (Å²) in [6.07, 6.45) is 0. The monoisotopic (exact) mass is 305 g/mol. The van der Waals surface area contributed by atoms with Crippen LogP contribution in [0.2, 0.25) is 0 Å². The van der Waals surface area contributed by atoms with E-state index in [1.807, 2.05) is 30.3 Å². The number of anilines is 1. The lowest BCUT2D eigenvalue weighted by Crippen LogP contribution is -2.28. The highest BCUT2D eigenvalue weighted by Gasteiger charge is 2.32. The van der Waals surface area contributed by atoms with Crippen LogP contribution in [0.5, 0.6) is 0 Å². The zero-order valence-electron chi connectivity index (χ0n) is 12.4. The fourth-order valence-electron chi connectivity index (χ4n) is 1.66. The van der Waals surface area contributed by atoms with Crippen molar-refractivity contribution >= 4 is 15.7 Å². The third-order valence-corrected chi connectivity index (χ3v) is 5.42.